The first kappa shape index (κ1) is 11.9. The number of aryl methyl sites for hydroxylation is 2. The van der Waals surface area contributed by atoms with Gasteiger partial charge in [-0.15, -0.1) is 11.3 Å². The summed E-state index contributed by atoms with van der Waals surface area (Å²) in [5, 5.41) is 11.7. The number of nitrogens with zero attached hydrogens (tertiary/aromatic N) is 1. The van der Waals surface area contributed by atoms with Gasteiger partial charge < -0.3 is 5.32 Å². The number of carbonyl (C=O) groups is 1. The topological polar surface area (TPSA) is 57.8 Å². The molecular formula is C12H15N3OS. The molecule has 0 spiro atoms. The zero-order valence-corrected chi connectivity index (χ0v) is 10.7. The van der Waals surface area contributed by atoms with Gasteiger partial charge in [0.2, 0.25) is 5.91 Å². The lowest BCUT2D eigenvalue weighted by Gasteiger charge is -2.02. The Bertz CT molecular complexity index is 502. The summed E-state index contributed by atoms with van der Waals surface area (Å²) in [4.78, 5) is 12.9. The van der Waals surface area contributed by atoms with Gasteiger partial charge in [-0.25, -0.2) is 0 Å². The Balaban J connectivity index is 1.87. The van der Waals surface area contributed by atoms with Crippen molar-refractivity contribution in [1.29, 1.82) is 0 Å². The quantitative estimate of drug-likeness (QED) is 0.875. The zero-order valence-electron chi connectivity index (χ0n) is 9.91. The Hall–Kier alpha value is -1.62. The average Bonchev–Trinajstić information content (AvgIpc) is 2.92. The van der Waals surface area contributed by atoms with Crippen molar-refractivity contribution in [3.8, 4) is 0 Å². The van der Waals surface area contributed by atoms with E-state index in [-0.39, 0.29) is 5.91 Å². The summed E-state index contributed by atoms with van der Waals surface area (Å²) in [6, 6.07) is 4.04. The Morgan fingerprint density at radius 3 is 2.94 bits per heavy atom. The van der Waals surface area contributed by atoms with E-state index in [4.69, 9.17) is 0 Å². The highest BCUT2D eigenvalue weighted by atomic mass is 32.1. The average molecular weight is 249 g/mol. The number of amides is 1. The van der Waals surface area contributed by atoms with E-state index in [0.29, 0.717) is 12.2 Å². The summed E-state index contributed by atoms with van der Waals surface area (Å²) < 4.78 is 0. The summed E-state index contributed by atoms with van der Waals surface area (Å²) in [7, 11) is 0. The second-order valence-electron chi connectivity index (χ2n) is 3.95. The van der Waals surface area contributed by atoms with Crippen molar-refractivity contribution in [1.82, 2.24) is 10.2 Å². The molecule has 0 bridgehead atoms. The molecule has 1 amide bonds. The smallest absolute Gasteiger partial charge is 0.225 e. The van der Waals surface area contributed by atoms with Gasteiger partial charge in [-0.2, -0.15) is 5.10 Å². The number of hydrogen-bond donors (Lipinski definition) is 2. The van der Waals surface area contributed by atoms with E-state index >= 15 is 0 Å². The van der Waals surface area contributed by atoms with Crippen LogP contribution in [-0.2, 0) is 11.2 Å². The highest BCUT2D eigenvalue weighted by molar-refractivity contribution is 7.09. The van der Waals surface area contributed by atoms with E-state index in [2.05, 4.69) is 15.5 Å². The number of rotatable bonds is 4. The number of aromatic nitrogens is 2. The van der Waals surface area contributed by atoms with Gasteiger partial charge in [-0.05, 0) is 31.7 Å². The molecule has 2 aromatic rings. The summed E-state index contributed by atoms with van der Waals surface area (Å²) in [6.45, 7) is 3.87. The first-order chi connectivity index (χ1) is 8.16. The van der Waals surface area contributed by atoms with Crippen LogP contribution < -0.4 is 5.32 Å². The number of nitrogens with one attached hydrogen (secondary N) is 2. The van der Waals surface area contributed by atoms with Gasteiger partial charge in [0.25, 0.3) is 0 Å². The Morgan fingerprint density at radius 2 is 2.35 bits per heavy atom. The monoisotopic (exact) mass is 249 g/mol. The summed E-state index contributed by atoms with van der Waals surface area (Å²) >= 11 is 1.68. The lowest BCUT2D eigenvalue weighted by atomic mass is 10.2. The molecule has 0 fully saturated rings. The van der Waals surface area contributed by atoms with Crippen LogP contribution in [0.25, 0.3) is 0 Å². The fourth-order valence-corrected chi connectivity index (χ4v) is 2.20. The molecule has 0 aliphatic heterocycles. The van der Waals surface area contributed by atoms with Gasteiger partial charge in [0.05, 0.1) is 0 Å². The standard InChI is InChI=1S/C12H15N3OS/c1-8-9(2)14-15-12(8)13-11(16)6-5-10-4-3-7-17-10/h3-4,7H,5-6H2,1-2H3,(H2,13,14,15,16). The van der Waals surface area contributed by atoms with Crippen LogP contribution in [0, 0.1) is 13.8 Å². The first-order valence-electron chi connectivity index (χ1n) is 5.50. The van der Waals surface area contributed by atoms with Crippen LogP contribution in [0.1, 0.15) is 22.6 Å². The minimum Gasteiger partial charge on any atom is -0.309 e. The second-order valence-corrected chi connectivity index (χ2v) is 4.98. The maximum Gasteiger partial charge on any atom is 0.225 e. The van der Waals surface area contributed by atoms with Crippen LogP contribution in [-0.4, -0.2) is 16.1 Å². The third kappa shape index (κ3) is 2.94. The number of thiophene rings is 1. The molecule has 2 N–H and O–H groups in total. The third-order valence-electron chi connectivity index (χ3n) is 2.69. The highest BCUT2D eigenvalue weighted by Crippen LogP contribution is 2.15. The molecule has 2 aromatic heterocycles. The van der Waals surface area contributed by atoms with Crippen LogP contribution in [0.5, 0.6) is 0 Å². The van der Waals surface area contributed by atoms with Gasteiger partial charge in [0.15, 0.2) is 5.82 Å². The maximum atomic E-state index is 11.7. The summed E-state index contributed by atoms with van der Waals surface area (Å²) in [6.07, 6.45) is 1.28. The zero-order chi connectivity index (χ0) is 12.3. The van der Waals surface area contributed by atoms with Gasteiger partial charge in [0.1, 0.15) is 0 Å². The normalized spacial score (nSPS) is 10.5. The van der Waals surface area contributed by atoms with E-state index in [0.717, 1.165) is 17.7 Å². The predicted molar refractivity (Wildman–Crippen MR) is 69.3 cm³/mol. The van der Waals surface area contributed by atoms with Crippen LogP contribution in [0.2, 0.25) is 0 Å². The second kappa shape index (κ2) is 5.14. The molecule has 5 heteroatoms. The van der Waals surface area contributed by atoms with Crippen LogP contribution in [0.4, 0.5) is 5.82 Å². The van der Waals surface area contributed by atoms with Crippen LogP contribution >= 0.6 is 11.3 Å². The first-order valence-corrected chi connectivity index (χ1v) is 6.38. The van der Waals surface area contributed by atoms with E-state index in [9.17, 15) is 4.79 Å². The molecule has 2 heterocycles. The highest BCUT2D eigenvalue weighted by Gasteiger charge is 2.09. The molecule has 17 heavy (non-hydrogen) atoms. The molecule has 0 aliphatic carbocycles. The lowest BCUT2D eigenvalue weighted by Crippen LogP contribution is -2.13. The van der Waals surface area contributed by atoms with Gasteiger partial charge >= 0.3 is 0 Å². The van der Waals surface area contributed by atoms with E-state index in [1.807, 2.05) is 31.4 Å². The van der Waals surface area contributed by atoms with Gasteiger partial charge in [-0.1, -0.05) is 6.07 Å². The number of hydrogen-bond acceptors (Lipinski definition) is 3. The number of carbonyl (C=O) groups excluding carboxylic acids is 1. The Morgan fingerprint density at radius 1 is 1.53 bits per heavy atom. The maximum absolute atomic E-state index is 11.7. The molecule has 0 aliphatic rings. The van der Waals surface area contributed by atoms with E-state index in [1.54, 1.807) is 11.3 Å². The van der Waals surface area contributed by atoms with Crippen LogP contribution in [0.15, 0.2) is 17.5 Å². The van der Waals surface area contributed by atoms with Crippen molar-refractivity contribution < 1.29 is 4.79 Å². The van der Waals surface area contributed by atoms with Crippen molar-refractivity contribution in [3.05, 3.63) is 33.6 Å². The third-order valence-corrected chi connectivity index (χ3v) is 3.63. The van der Waals surface area contributed by atoms with Gasteiger partial charge in [-0.3, -0.25) is 9.89 Å². The SMILES string of the molecule is Cc1[nH]nc(NC(=O)CCc2cccs2)c1C. The summed E-state index contributed by atoms with van der Waals surface area (Å²) in [5.74, 6) is 0.645. The fourth-order valence-electron chi connectivity index (χ4n) is 1.49. The lowest BCUT2D eigenvalue weighted by molar-refractivity contribution is -0.116. The predicted octanol–water partition coefficient (Wildman–Crippen LogP) is 2.66. The Labute approximate surface area is 104 Å². The van der Waals surface area contributed by atoms with Crippen molar-refractivity contribution >= 4 is 23.1 Å². The fraction of sp³-hybridized carbons (Fsp3) is 0.333. The number of anilines is 1. The van der Waals surface area contributed by atoms with Crippen molar-refractivity contribution in [3.63, 3.8) is 0 Å². The van der Waals surface area contributed by atoms with E-state index in [1.165, 1.54) is 4.88 Å². The molecule has 0 unspecified atom stereocenters. The Kier molecular flexibility index (Phi) is 3.58. The minimum absolute atomic E-state index is 0.00741. The molecule has 0 radical (unpaired) electrons. The van der Waals surface area contributed by atoms with Crippen molar-refractivity contribution in [2.24, 2.45) is 0 Å². The number of H-pyrrole nitrogens is 1. The molecule has 0 saturated heterocycles. The molecule has 4 nitrogen and oxygen atoms in total. The van der Waals surface area contributed by atoms with Crippen molar-refractivity contribution in [2.45, 2.75) is 26.7 Å². The summed E-state index contributed by atoms with van der Waals surface area (Å²) in [5.41, 5.74) is 1.98. The largest absolute Gasteiger partial charge is 0.309 e. The molecule has 0 aromatic carbocycles. The minimum atomic E-state index is 0.00741. The molecule has 2 rings (SSSR count). The molecule has 0 saturated carbocycles. The molecule has 90 valence electrons. The van der Waals surface area contributed by atoms with Crippen LogP contribution in [0.3, 0.4) is 0 Å². The van der Waals surface area contributed by atoms with Crippen molar-refractivity contribution in [2.75, 3.05) is 5.32 Å². The molecular weight excluding hydrogens is 234 g/mol. The van der Waals surface area contributed by atoms with Gasteiger partial charge in [0, 0.05) is 22.6 Å². The molecule has 0 atom stereocenters. The van der Waals surface area contributed by atoms with E-state index < -0.39 is 0 Å². The number of aromatic amines is 1.